The molecule has 25 heavy (non-hydrogen) atoms. The molecule has 1 atom stereocenters. The number of benzene rings is 1. The zero-order valence-corrected chi connectivity index (χ0v) is 15.0. The number of nitrogens with one attached hydrogen (secondary N) is 1. The molecule has 2 aliphatic rings. The van der Waals surface area contributed by atoms with Crippen molar-refractivity contribution in [1.82, 2.24) is 9.80 Å². The maximum atomic E-state index is 13.0. The number of carbonyl (C=O) groups excluding carboxylic acids is 3. The molecule has 0 bridgehead atoms. The van der Waals surface area contributed by atoms with Crippen LogP contribution < -0.4 is 5.32 Å². The van der Waals surface area contributed by atoms with E-state index in [4.69, 9.17) is 0 Å². The average Bonchev–Trinajstić information content (AvgIpc) is 2.59. The van der Waals surface area contributed by atoms with Crippen molar-refractivity contribution >= 4 is 23.4 Å². The van der Waals surface area contributed by atoms with Gasteiger partial charge in [0.1, 0.15) is 0 Å². The molecule has 1 fully saturated rings. The van der Waals surface area contributed by atoms with Crippen LogP contribution in [0.3, 0.4) is 0 Å². The Morgan fingerprint density at radius 1 is 1.04 bits per heavy atom. The highest BCUT2D eigenvalue weighted by Gasteiger charge is 2.36. The van der Waals surface area contributed by atoms with Crippen molar-refractivity contribution in [3.63, 3.8) is 0 Å². The summed E-state index contributed by atoms with van der Waals surface area (Å²) in [5.41, 5.74) is 1.19. The van der Waals surface area contributed by atoms with Crippen LogP contribution in [0.5, 0.6) is 0 Å². The van der Waals surface area contributed by atoms with E-state index in [1.54, 1.807) is 4.90 Å². The lowest BCUT2D eigenvalue weighted by Gasteiger charge is -2.39. The summed E-state index contributed by atoms with van der Waals surface area (Å²) >= 11 is 0. The summed E-state index contributed by atoms with van der Waals surface area (Å²) in [6.07, 6.45) is 0.178. The van der Waals surface area contributed by atoms with Gasteiger partial charge in [0, 0.05) is 43.7 Å². The molecule has 6 nitrogen and oxygen atoms in total. The predicted octanol–water partition coefficient (Wildman–Crippen LogP) is 1.83. The van der Waals surface area contributed by atoms with Gasteiger partial charge in [0.05, 0.1) is 5.92 Å². The third kappa shape index (κ3) is 3.52. The number of rotatable bonds is 1. The Morgan fingerprint density at radius 2 is 1.64 bits per heavy atom. The van der Waals surface area contributed by atoms with Gasteiger partial charge in [-0.25, -0.2) is 0 Å². The predicted molar refractivity (Wildman–Crippen MR) is 95.0 cm³/mol. The second-order valence-electron chi connectivity index (χ2n) is 7.76. The van der Waals surface area contributed by atoms with E-state index >= 15 is 0 Å². The fourth-order valence-electron chi connectivity index (χ4n) is 3.46. The van der Waals surface area contributed by atoms with Crippen molar-refractivity contribution in [3.8, 4) is 0 Å². The molecular weight excluding hydrogens is 318 g/mol. The van der Waals surface area contributed by atoms with Gasteiger partial charge in [-0.15, -0.1) is 0 Å². The lowest BCUT2D eigenvalue weighted by Crippen LogP contribution is -2.54. The largest absolute Gasteiger partial charge is 0.339 e. The lowest BCUT2D eigenvalue weighted by atomic mass is 9.89. The van der Waals surface area contributed by atoms with Gasteiger partial charge in [-0.3, -0.25) is 14.4 Å². The first-order valence-corrected chi connectivity index (χ1v) is 8.74. The van der Waals surface area contributed by atoms with E-state index in [1.165, 1.54) is 0 Å². The molecule has 1 N–H and O–H groups in total. The number of hydrogen-bond donors (Lipinski definition) is 1. The molecule has 1 aromatic carbocycles. The molecule has 6 heteroatoms. The third-order valence-corrected chi connectivity index (χ3v) is 4.82. The van der Waals surface area contributed by atoms with Crippen LogP contribution >= 0.6 is 0 Å². The molecule has 0 saturated carbocycles. The smallest absolute Gasteiger partial charge is 0.230 e. The van der Waals surface area contributed by atoms with E-state index < -0.39 is 11.3 Å². The first kappa shape index (κ1) is 17.5. The number of anilines is 1. The van der Waals surface area contributed by atoms with Crippen molar-refractivity contribution in [3.05, 3.63) is 29.8 Å². The number of hydrogen-bond acceptors (Lipinski definition) is 3. The Labute approximate surface area is 148 Å². The number of carbonyl (C=O) groups is 3. The first-order chi connectivity index (χ1) is 11.8. The Bertz CT molecular complexity index is 700. The maximum Gasteiger partial charge on any atom is 0.230 e. The monoisotopic (exact) mass is 343 g/mol. The van der Waals surface area contributed by atoms with Crippen LogP contribution in [0.15, 0.2) is 24.3 Å². The van der Waals surface area contributed by atoms with Crippen LogP contribution in [0.1, 0.15) is 38.7 Å². The average molecular weight is 343 g/mol. The molecule has 1 saturated heterocycles. The van der Waals surface area contributed by atoms with E-state index in [0.29, 0.717) is 26.2 Å². The summed E-state index contributed by atoms with van der Waals surface area (Å²) in [6, 6.07) is 7.46. The van der Waals surface area contributed by atoms with E-state index in [9.17, 15) is 14.4 Å². The van der Waals surface area contributed by atoms with Crippen molar-refractivity contribution < 1.29 is 14.4 Å². The minimum absolute atomic E-state index is 0.0230. The summed E-state index contributed by atoms with van der Waals surface area (Å²) in [4.78, 5) is 40.9. The van der Waals surface area contributed by atoms with E-state index in [-0.39, 0.29) is 24.1 Å². The van der Waals surface area contributed by atoms with Gasteiger partial charge in [-0.2, -0.15) is 0 Å². The zero-order valence-electron chi connectivity index (χ0n) is 15.0. The normalized spacial score (nSPS) is 20.8. The van der Waals surface area contributed by atoms with Gasteiger partial charge >= 0.3 is 0 Å². The van der Waals surface area contributed by atoms with E-state index in [0.717, 1.165) is 11.3 Å². The highest BCUT2D eigenvalue weighted by Crippen LogP contribution is 2.33. The van der Waals surface area contributed by atoms with Crippen LogP contribution in [0.2, 0.25) is 0 Å². The van der Waals surface area contributed by atoms with Crippen LogP contribution in [0.25, 0.3) is 0 Å². The Morgan fingerprint density at radius 3 is 2.28 bits per heavy atom. The molecule has 1 aromatic rings. The molecule has 3 rings (SSSR count). The lowest BCUT2D eigenvalue weighted by molar-refractivity contribution is -0.145. The number of para-hydroxylation sites is 1. The fourth-order valence-corrected chi connectivity index (χ4v) is 3.46. The highest BCUT2D eigenvalue weighted by atomic mass is 16.2. The summed E-state index contributed by atoms with van der Waals surface area (Å²) in [5.74, 6) is -0.472. The molecule has 0 spiro atoms. The Hall–Kier alpha value is -2.37. The van der Waals surface area contributed by atoms with Crippen molar-refractivity contribution in [2.24, 2.45) is 5.41 Å². The molecule has 134 valence electrons. The minimum atomic E-state index is -0.435. The van der Waals surface area contributed by atoms with Gasteiger partial charge < -0.3 is 15.1 Å². The molecule has 2 aliphatic heterocycles. The van der Waals surface area contributed by atoms with Crippen LogP contribution in [-0.4, -0.2) is 53.7 Å². The SMILES string of the molecule is CC(C)(C)C(=O)N1CCN(C(=O)C2CC(=O)Nc3ccccc32)CC1. The quantitative estimate of drug-likeness (QED) is 0.846. The summed E-state index contributed by atoms with van der Waals surface area (Å²) in [5, 5.41) is 2.82. The number of piperazine rings is 1. The fraction of sp³-hybridized carbons (Fsp3) is 0.526. The highest BCUT2D eigenvalue weighted by molar-refractivity contribution is 6.01. The topological polar surface area (TPSA) is 69.7 Å². The minimum Gasteiger partial charge on any atom is -0.339 e. The van der Waals surface area contributed by atoms with Crippen LogP contribution in [0.4, 0.5) is 5.69 Å². The van der Waals surface area contributed by atoms with E-state index in [1.807, 2.05) is 49.9 Å². The maximum absolute atomic E-state index is 13.0. The Kier molecular flexibility index (Phi) is 4.54. The van der Waals surface area contributed by atoms with Gasteiger partial charge in [0.25, 0.3) is 0 Å². The molecule has 0 radical (unpaired) electrons. The van der Waals surface area contributed by atoms with Crippen LogP contribution in [-0.2, 0) is 14.4 Å². The first-order valence-electron chi connectivity index (χ1n) is 8.74. The van der Waals surface area contributed by atoms with Crippen LogP contribution in [0, 0.1) is 5.41 Å². The van der Waals surface area contributed by atoms with Gasteiger partial charge in [-0.1, -0.05) is 39.0 Å². The molecule has 0 aromatic heterocycles. The summed E-state index contributed by atoms with van der Waals surface area (Å²) < 4.78 is 0. The summed E-state index contributed by atoms with van der Waals surface area (Å²) in [7, 11) is 0. The van der Waals surface area contributed by atoms with Gasteiger partial charge in [-0.05, 0) is 11.6 Å². The Balaban J connectivity index is 1.69. The third-order valence-electron chi connectivity index (χ3n) is 4.82. The molecule has 2 heterocycles. The number of nitrogens with zero attached hydrogens (tertiary/aromatic N) is 2. The van der Waals surface area contributed by atoms with Gasteiger partial charge in [0.2, 0.25) is 17.7 Å². The van der Waals surface area contributed by atoms with Crippen molar-refractivity contribution in [1.29, 1.82) is 0 Å². The van der Waals surface area contributed by atoms with Gasteiger partial charge in [0.15, 0.2) is 0 Å². The molecule has 0 aliphatic carbocycles. The molecule has 3 amide bonds. The zero-order chi connectivity index (χ0) is 18.2. The molecular formula is C19H25N3O3. The second kappa shape index (κ2) is 6.50. The van der Waals surface area contributed by atoms with Crippen molar-refractivity contribution in [2.45, 2.75) is 33.1 Å². The van der Waals surface area contributed by atoms with E-state index in [2.05, 4.69) is 5.32 Å². The number of amides is 3. The van der Waals surface area contributed by atoms with Crippen molar-refractivity contribution in [2.75, 3.05) is 31.5 Å². The molecule has 1 unspecified atom stereocenters. The summed E-state index contributed by atoms with van der Waals surface area (Å²) in [6.45, 7) is 7.84. The standard InChI is InChI=1S/C19H25N3O3/c1-19(2,3)18(25)22-10-8-21(9-11-22)17(24)14-12-16(23)20-15-7-5-4-6-13(14)15/h4-7,14H,8-12H2,1-3H3,(H,20,23). The number of fused-ring (bicyclic) bond motifs is 1. The second-order valence-corrected chi connectivity index (χ2v) is 7.76.